The van der Waals surface area contributed by atoms with Crippen molar-refractivity contribution in [3.05, 3.63) is 63.9 Å². The summed E-state index contributed by atoms with van der Waals surface area (Å²) in [5.74, 6) is 2.32. The number of rotatable bonds is 8. The molecule has 0 aliphatic rings. The summed E-state index contributed by atoms with van der Waals surface area (Å²) in [6.07, 6.45) is -0.348. The number of hydrogen-bond acceptors (Lipinski definition) is 6. The zero-order valence-corrected chi connectivity index (χ0v) is 19.2. The van der Waals surface area contributed by atoms with E-state index in [0.29, 0.717) is 27.3 Å². The number of ether oxygens (including phenoxy) is 2. The molecule has 158 valence electrons. The summed E-state index contributed by atoms with van der Waals surface area (Å²) in [5, 5.41) is 9.65. The van der Waals surface area contributed by atoms with Gasteiger partial charge in [-0.05, 0) is 56.2 Å². The predicted octanol–water partition coefficient (Wildman–Crippen LogP) is 5.21. The van der Waals surface area contributed by atoms with Crippen molar-refractivity contribution < 1.29 is 14.3 Å². The fourth-order valence-corrected chi connectivity index (χ4v) is 4.09. The van der Waals surface area contributed by atoms with E-state index in [4.69, 9.17) is 21.1 Å². The normalized spacial score (nSPS) is 11.9. The molecule has 8 heteroatoms. The molecule has 0 spiro atoms. The molecule has 0 saturated carbocycles. The van der Waals surface area contributed by atoms with Gasteiger partial charge in [-0.15, -0.1) is 10.2 Å². The molecule has 0 radical (unpaired) electrons. The topological polar surface area (TPSA) is 66.2 Å². The maximum atomic E-state index is 12.8. The molecular formula is C22H24ClN3O3S. The van der Waals surface area contributed by atoms with Crippen LogP contribution < -0.4 is 9.47 Å². The van der Waals surface area contributed by atoms with E-state index in [9.17, 15) is 4.79 Å². The lowest BCUT2D eigenvalue weighted by atomic mass is 10.0. The number of Topliss-reactive ketones (excluding diaryl/α,β-unsaturated/α-hetero) is 1. The lowest BCUT2D eigenvalue weighted by molar-refractivity contribution is 0.102. The van der Waals surface area contributed by atoms with Gasteiger partial charge < -0.3 is 14.0 Å². The number of halogens is 1. The Morgan fingerprint density at radius 1 is 1.17 bits per heavy atom. The highest BCUT2D eigenvalue weighted by molar-refractivity contribution is 7.99. The van der Waals surface area contributed by atoms with Crippen molar-refractivity contribution in [2.24, 2.45) is 7.05 Å². The molecular weight excluding hydrogens is 422 g/mol. The lowest BCUT2D eigenvalue weighted by Gasteiger charge is -2.15. The number of carbonyl (C=O) groups excluding carboxylic acids is 1. The average Bonchev–Trinajstić information content (AvgIpc) is 3.09. The van der Waals surface area contributed by atoms with Crippen LogP contribution in [0.2, 0.25) is 5.02 Å². The number of aromatic nitrogens is 3. The predicted molar refractivity (Wildman–Crippen MR) is 119 cm³/mol. The minimum Gasteiger partial charge on any atom is -0.496 e. The Bertz CT molecular complexity index is 1070. The second-order valence-electron chi connectivity index (χ2n) is 6.94. The van der Waals surface area contributed by atoms with E-state index in [1.165, 1.54) is 11.8 Å². The van der Waals surface area contributed by atoms with Crippen molar-refractivity contribution in [1.29, 1.82) is 0 Å². The Labute approximate surface area is 185 Å². The Kier molecular flexibility index (Phi) is 7.05. The summed E-state index contributed by atoms with van der Waals surface area (Å²) in [6.45, 7) is 5.72. The summed E-state index contributed by atoms with van der Waals surface area (Å²) < 4.78 is 13.1. The molecule has 3 aromatic rings. The highest BCUT2D eigenvalue weighted by atomic mass is 35.5. The largest absolute Gasteiger partial charge is 0.496 e. The highest BCUT2D eigenvalue weighted by Crippen LogP contribution is 2.29. The van der Waals surface area contributed by atoms with E-state index >= 15 is 0 Å². The van der Waals surface area contributed by atoms with Gasteiger partial charge in [-0.3, -0.25) is 4.79 Å². The number of thioether (sulfide) groups is 1. The van der Waals surface area contributed by atoms with Crippen LogP contribution in [0.25, 0.3) is 0 Å². The fraction of sp³-hybridized carbons (Fsp3) is 0.318. The Balaban J connectivity index is 1.69. The van der Waals surface area contributed by atoms with Crippen molar-refractivity contribution >= 4 is 29.1 Å². The van der Waals surface area contributed by atoms with Crippen LogP contribution in [-0.2, 0) is 7.05 Å². The molecule has 0 aliphatic carbocycles. The Hall–Kier alpha value is -2.51. The minimum absolute atomic E-state index is 0.0353. The average molecular weight is 446 g/mol. The van der Waals surface area contributed by atoms with Crippen LogP contribution in [0.5, 0.6) is 11.5 Å². The van der Waals surface area contributed by atoms with Crippen LogP contribution in [0.3, 0.4) is 0 Å². The van der Waals surface area contributed by atoms with Gasteiger partial charge in [-0.1, -0.05) is 35.5 Å². The van der Waals surface area contributed by atoms with Gasteiger partial charge in [0.15, 0.2) is 22.9 Å². The molecule has 1 aromatic heterocycles. The Morgan fingerprint density at radius 3 is 2.60 bits per heavy atom. The molecule has 1 heterocycles. The van der Waals surface area contributed by atoms with Crippen LogP contribution in [0.15, 0.2) is 41.6 Å². The first-order valence-corrected chi connectivity index (χ1v) is 10.8. The molecule has 0 saturated heterocycles. The summed E-state index contributed by atoms with van der Waals surface area (Å²) in [5.41, 5.74) is 2.52. The van der Waals surface area contributed by atoms with E-state index in [1.54, 1.807) is 13.2 Å². The van der Waals surface area contributed by atoms with Gasteiger partial charge in [0.05, 0.1) is 17.9 Å². The van der Waals surface area contributed by atoms with Gasteiger partial charge in [0.2, 0.25) is 0 Å². The van der Waals surface area contributed by atoms with E-state index in [2.05, 4.69) is 10.2 Å². The molecule has 0 bridgehead atoms. The van der Waals surface area contributed by atoms with Crippen LogP contribution in [-0.4, -0.2) is 33.4 Å². The molecule has 1 atom stereocenters. The Morgan fingerprint density at radius 2 is 1.90 bits per heavy atom. The number of benzene rings is 2. The van der Waals surface area contributed by atoms with Crippen LogP contribution in [0.4, 0.5) is 0 Å². The SMILES string of the molecule is COc1cc(C)c(C(=O)CSc2nnc(C(C)Oc3ccccc3Cl)n2C)cc1C. The second-order valence-corrected chi connectivity index (χ2v) is 8.29. The van der Waals surface area contributed by atoms with Crippen molar-refractivity contribution in [3.63, 3.8) is 0 Å². The summed E-state index contributed by atoms with van der Waals surface area (Å²) >= 11 is 7.52. The maximum absolute atomic E-state index is 12.8. The number of aryl methyl sites for hydroxylation is 2. The zero-order valence-electron chi connectivity index (χ0n) is 17.6. The first-order valence-electron chi connectivity index (χ1n) is 9.43. The maximum Gasteiger partial charge on any atom is 0.191 e. The van der Waals surface area contributed by atoms with Gasteiger partial charge >= 0.3 is 0 Å². The molecule has 0 aliphatic heterocycles. The fourth-order valence-electron chi connectivity index (χ4n) is 3.11. The summed E-state index contributed by atoms with van der Waals surface area (Å²) in [4.78, 5) is 12.8. The lowest BCUT2D eigenvalue weighted by Crippen LogP contribution is -2.11. The minimum atomic E-state index is -0.348. The molecule has 0 amide bonds. The van der Waals surface area contributed by atoms with Crippen molar-refractivity contribution in [3.8, 4) is 11.5 Å². The van der Waals surface area contributed by atoms with E-state index in [0.717, 1.165) is 16.9 Å². The molecule has 0 fully saturated rings. The molecule has 6 nitrogen and oxygen atoms in total. The second kappa shape index (κ2) is 9.53. The molecule has 3 rings (SSSR count). The standard InChI is InChI=1S/C22H24ClN3O3S/c1-13-11-20(28-5)14(2)10-16(13)18(27)12-30-22-25-24-21(26(22)4)15(3)29-19-9-7-6-8-17(19)23/h6-11,15H,12H2,1-5H3. The number of hydrogen-bond donors (Lipinski definition) is 0. The number of methoxy groups -OCH3 is 1. The summed E-state index contributed by atoms with van der Waals surface area (Å²) in [6, 6.07) is 11.1. The van der Waals surface area contributed by atoms with Gasteiger partial charge in [0.1, 0.15) is 11.5 Å². The van der Waals surface area contributed by atoms with Gasteiger partial charge in [-0.2, -0.15) is 0 Å². The number of para-hydroxylation sites is 1. The third-order valence-electron chi connectivity index (χ3n) is 4.75. The van der Waals surface area contributed by atoms with Gasteiger partial charge in [0.25, 0.3) is 0 Å². The molecule has 1 unspecified atom stereocenters. The highest BCUT2D eigenvalue weighted by Gasteiger charge is 2.20. The van der Waals surface area contributed by atoms with Crippen molar-refractivity contribution in [2.75, 3.05) is 12.9 Å². The third-order valence-corrected chi connectivity index (χ3v) is 6.08. The smallest absolute Gasteiger partial charge is 0.191 e. The number of carbonyl (C=O) groups is 1. The molecule has 0 N–H and O–H groups in total. The number of ketones is 1. The summed E-state index contributed by atoms with van der Waals surface area (Å²) in [7, 11) is 3.48. The third kappa shape index (κ3) is 4.79. The van der Waals surface area contributed by atoms with Crippen LogP contribution >= 0.6 is 23.4 Å². The van der Waals surface area contributed by atoms with Gasteiger partial charge in [0, 0.05) is 12.6 Å². The van der Waals surface area contributed by atoms with Crippen LogP contribution in [0, 0.1) is 13.8 Å². The van der Waals surface area contributed by atoms with Crippen molar-refractivity contribution in [2.45, 2.75) is 32.0 Å². The van der Waals surface area contributed by atoms with Gasteiger partial charge in [-0.25, -0.2) is 0 Å². The van der Waals surface area contributed by atoms with E-state index in [1.807, 2.05) is 62.7 Å². The molecule has 30 heavy (non-hydrogen) atoms. The number of nitrogens with zero attached hydrogens (tertiary/aromatic N) is 3. The quantitative estimate of drug-likeness (QED) is 0.350. The first kappa shape index (κ1) is 22.2. The monoisotopic (exact) mass is 445 g/mol. The zero-order chi connectivity index (χ0) is 21.8. The van der Waals surface area contributed by atoms with E-state index in [-0.39, 0.29) is 17.6 Å². The van der Waals surface area contributed by atoms with Crippen molar-refractivity contribution in [1.82, 2.24) is 14.8 Å². The first-order chi connectivity index (χ1) is 14.3. The van der Waals surface area contributed by atoms with E-state index < -0.39 is 0 Å². The molecule has 2 aromatic carbocycles. The van der Waals surface area contributed by atoms with Crippen LogP contribution in [0.1, 0.15) is 40.3 Å².